The van der Waals surface area contributed by atoms with Crippen molar-refractivity contribution in [3.63, 3.8) is 0 Å². The summed E-state index contributed by atoms with van der Waals surface area (Å²) >= 11 is 0. The fourth-order valence-electron chi connectivity index (χ4n) is 4.78. The maximum Gasteiger partial charge on any atom is 0.265 e. The van der Waals surface area contributed by atoms with Gasteiger partial charge in [0.25, 0.3) is 5.91 Å². The summed E-state index contributed by atoms with van der Waals surface area (Å²) in [6.07, 6.45) is 0.522. The van der Waals surface area contributed by atoms with E-state index in [1.54, 1.807) is 7.05 Å². The highest BCUT2D eigenvalue weighted by Gasteiger charge is 2.47. The van der Waals surface area contributed by atoms with Crippen LogP contribution in [0.2, 0.25) is 0 Å². The number of likely N-dealkylation sites (tertiary alicyclic amines) is 1. The number of hydrogen-bond donors (Lipinski definition) is 2. The zero-order chi connectivity index (χ0) is 25.9. The first-order valence-electron chi connectivity index (χ1n) is 12.3. The Bertz CT molecular complexity index is 1240. The highest BCUT2D eigenvalue weighted by molar-refractivity contribution is 5.93. The lowest BCUT2D eigenvalue weighted by molar-refractivity contribution is -0.169. The van der Waals surface area contributed by atoms with Crippen LogP contribution in [-0.2, 0) is 21.7 Å². The molecule has 36 heavy (non-hydrogen) atoms. The van der Waals surface area contributed by atoms with Crippen molar-refractivity contribution in [3.8, 4) is 5.75 Å². The summed E-state index contributed by atoms with van der Waals surface area (Å²) in [7, 11) is 1.75. The first-order chi connectivity index (χ1) is 17.2. The predicted octanol–water partition coefficient (Wildman–Crippen LogP) is 3.64. The molecule has 2 aromatic carbocycles. The van der Waals surface area contributed by atoms with E-state index in [1.165, 1.54) is 4.90 Å². The quantitative estimate of drug-likeness (QED) is 0.351. The predicted molar refractivity (Wildman–Crippen MR) is 138 cm³/mol. The Hall–Kier alpha value is -3.49. The molecule has 2 amide bonds. The van der Waals surface area contributed by atoms with Crippen LogP contribution < -0.4 is 10.1 Å². The van der Waals surface area contributed by atoms with Crippen molar-refractivity contribution in [2.75, 3.05) is 26.7 Å². The number of para-hydroxylation sites is 1. The second kappa shape index (κ2) is 10.6. The number of hydroxylamine groups is 2. The van der Waals surface area contributed by atoms with Gasteiger partial charge in [0.1, 0.15) is 24.4 Å². The van der Waals surface area contributed by atoms with E-state index in [0.717, 1.165) is 27.7 Å². The fourth-order valence-corrected chi connectivity index (χ4v) is 4.78. The normalized spacial score (nSPS) is 17.7. The largest absolute Gasteiger partial charge is 0.489 e. The van der Waals surface area contributed by atoms with Gasteiger partial charge in [0.05, 0.1) is 12.1 Å². The minimum atomic E-state index is -0.921. The Morgan fingerprint density at radius 3 is 2.64 bits per heavy atom. The number of likely N-dealkylation sites (N-methyl/N-ethyl adjacent to an activating group) is 1. The summed E-state index contributed by atoms with van der Waals surface area (Å²) in [6, 6.07) is 17.6. The molecule has 1 atom stereocenters. The number of amides is 2. The molecule has 8 heteroatoms. The Morgan fingerprint density at radius 1 is 1.22 bits per heavy atom. The van der Waals surface area contributed by atoms with Crippen LogP contribution in [0.1, 0.15) is 37.1 Å². The Morgan fingerprint density at radius 2 is 1.94 bits per heavy atom. The van der Waals surface area contributed by atoms with Crippen LogP contribution in [0.4, 0.5) is 0 Å². The number of carbonyl (C=O) groups excluding carboxylic acids is 2. The van der Waals surface area contributed by atoms with Crippen molar-refractivity contribution in [2.24, 2.45) is 5.92 Å². The molecule has 1 aliphatic rings. The number of benzene rings is 2. The number of aromatic nitrogens is 1. The van der Waals surface area contributed by atoms with Crippen LogP contribution in [0.5, 0.6) is 5.75 Å². The van der Waals surface area contributed by atoms with E-state index in [0.29, 0.717) is 30.4 Å². The number of aryl methyl sites for hydroxylation is 1. The Labute approximate surface area is 211 Å². The van der Waals surface area contributed by atoms with Gasteiger partial charge < -0.3 is 15.0 Å². The first kappa shape index (κ1) is 25.6. The third kappa shape index (κ3) is 5.20. The summed E-state index contributed by atoms with van der Waals surface area (Å²) in [5.41, 5.74) is 2.84. The molecule has 4 rings (SSSR count). The van der Waals surface area contributed by atoms with Gasteiger partial charge in [-0.15, -0.1) is 0 Å². The lowest BCUT2D eigenvalue weighted by Crippen LogP contribution is -2.49. The number of hydrogen-bond acceptors (Lipinski definition) is 6. The number of rotatable bonds is 9. The maximum absolute atomic E-state index is 13.4. The van der Waals surface area contributed by atoms with E-state index in [1.807, 2.05) is 75.4 Å². The Balaban J connectivity index is 1.45. The summed E-state index contributed by atoms with van der Waals surface area (Å²) in [5, 5.41) is 14.9. The monoisotopic (exact) mass is 490 g/mol. The minimum Gasteiger partial charge on any atom is -0.489 e. The van der Waals surface area contributed by atoms with Gasteiger partial charge in [-0.25, -0.2) is 5.06 Å². The first-order valence-corrected chi connectivity index (χ1v) is 12.3. The van der Waals surface area contributed by atoms with E-state index in [2.05, 4.69) is 10.3 Å². The number of nitrogens with zero attached hydrogens (tertiary/aromatic N) is 3. The lowest BCUT2D eigenvalue weighted by atomic mass is 9.88. The fraction of sp³-hybridized carbons (Fsp3) is 0.393. The maximum atomic E-state index is 13.4. The molecule has 1 aliphatic heterocycles. The molecular weight excluding hydrogens is 456 g/mol. The standard InChI is InChI=1S/C28H34N4O4/c1-19(2)16-32(35)26(33)17-31-14-13-28(29-4,27(31)34)22-9-11-23(12-10-22)36-18-21-15-20(3)30-25-8-6-5-7-24(21)25/h5-12,15,19,29,35H,13-14,16-18H2,1-4H3. The molecule has 190 valence electrons. The van der Waals surface area contributed by atoms with E-state index < -0.39 is 11.4 Å². The SMILES string of the molecule is CNC1(c2ccc(OCc3cc(C)nc4ccccc34)cc2)CCN(CC(=O)N(O)CC(C)C)C1=O. The van der Waals surface area contributed by atoms with E-state index in [4.69, 9.17) is 4.74 Å². The number of carbonyl (C=O) groups is 2. The second-order valence-corrected chi connectivity index (χ2v) is 9.75. The van der Waals surface area contributed by atoms with E-state index in [-0.39, 0.29) is 24.9 Å². The average molecular weight is 491 g/mol. The molecule has 1 fully saturated rings. The molecule has 8 nitrogen and oxygen atoms in total. The van der Waals surface area contributed by atoms with Crippen LogP contribution in [0, 0.1) is 12.8 Å². The molecule has 3 aromatic rings. The summed E-state index contributed by atoms with van der Waals surface area (Å²) in [4.78, 5) is 31.8. The highest BCUT2D eigenvalue weighted by Crippen LogP contribution is 2.34. The van der Waals surface area contributed by atoms with Crippen molar-refractivity contribution >= 4 is 22.7 Å². The smallest absolute Gasteiger partial charge is 0.265 e. The molecule has 0 aliphatic carbocycles. The number of ether oxygens (including phenoxy) is 1. The van der Waals surface area contributed by atoms with Crippen LogP contribution >= 0.6 is 0 Å². The number of nitrogens with one attached hydrogen (secondary N) is 1. The number of pyridine rings is 1. The van der Waals surface area contributed by atoms with E-state index >= 15 is 0 Å². The van der Waals surface area contributed by atoms with Crippen molar-refractivity contribution in [1.82, 2.24) is 20.3 Å². The summed E-state index contributed by atoms with van der Waals surface area (Å²) < 4.78 is 6.08. The Kier molecular flexibility index (Phi) is 7.56. The molecule has 0 radical (unpaired) electrons. The molecule has 0 bridgehead atoms. The average Bonchev–Trinajstić information content (AvgIpc) is 3.18. The molecule has 1 unspecified atom stereocenters. The topological polar surface area (TPSA) is 95.0 Å². The summed E-state index contributed by atoms with van der Waals surface area (Å²) in [6.45, 7) is 6.71. The van der Waals surface area contributed by atoms with Gasteiger partial charge in [-0.1, -0.05) is 44.2 Å². The number of fused-ring (bicyclic) bond motifs is 1. The highest BCUT2D eigenvalue weighted by atomic mass is 16.5. The molecule has 2 N–H and O–H groups in total. The zero-order valence-electron chi connectivity index (χ0n) is 21.3. The van der Waals surface area contributed by atoms with Gasteiger partial charge in [-0.3, -0.25) is 19.8 Å². The molecule has 1 saturated heterocycles. The van der Waals surface area contributed by atoms with Gasteiger partial charge in [0.15, 0.2) is 0 Å². The molecule has 0 saturated carbocycles. The van der Waals surface area contributed by atoms with Crippen LogP contribution in [-0.4, -0.2) is 58.7 Å². The van der Waals surface area contributed by atoms with Crippen molar-refractivity contribution in [2.45, 2.75) is 39.3 Å². The van der Waals surface area contributed by atoms with Gasteiger partial charge in [-0.05, 0) is 56.1 Å². The molecule has 1 aromatic heterocycles. The van der Waals surface area contributed by atoms with Gasteiger partial charge in [0.2, 0.25) is 5.91 Å². The van der Waals surface area contributed by atoms with Gasteiger partial charge in [-0.2, -0.15) is 0 Å². The summed E-state index contributed by atoms with van der Waals surface area (Å²) in [5.74, 6) is 0.174. The van der Waals surface area contributed by atoms with Gasteiger partial charge >= 0.3 is 0 Å². The van der Waals surface area contributed by atoms with Crippen LogP contribution in [0.3, 0.4) is 0 Å². The van der Waals surface area contributed by atoms with E-state index in [9.17, 15) is 14.8 Å². The minimum absolute atomic E-state index is 0.131. The second-order valence-electron chi connectivity index (χ2n) is 9.75. The van der Waals surface area contributed by atoms with Crippen LogP contribution in [0.15, 0.2) is 54.6 Å². The van der Waals surface area contributed by atoms with Crippen molar-refractivity contribution in [1.29, 1.82) is 0 Å². The third-order valence-electron chi connectivity index (χ3n) is 6.66. The molecule has 2 heterocycles. The zero-order valence-corrected chi connectivity index (χ0v) is 21.3. The van der Waals surface area contributed by atoms with Gasteiger partial charge in [0, 0.05) is 23.2 Å². The van der Waals surface area contributed by atoms with Crippen molar-refractivity contribution in [3.05, 3.63) is 71.4 Å². The third-order valence-corrected chi connectivity index (χ3v) is 6.66. The molecule has 0 spiro atoms. The van der Waals surface area contributed by atoms with Crippen LogP contribution in [0.25, 0.3) is 10.9 Å². The van der Waals surface area contributed by atoms with Crippen molar-refractivity contribution < 1.29 is 19.5 Å². The molecular formula is C28H34N4O4. The lowest BCUT2D eigenvalue weighted by Gasteiger charge is -2.28.